The van der Waals surface area contributed by atoms with E-state index in [1.165, 1.54) is 0 Å². The van der Waals surface area contributed by atoms with Crippen LogP contribution in [0.2, 0.25) is 0 Å². The maximum atomic E-state index is 13.5. The molecule has 3 fully saturated rings. The standard InChI is InChI=1S/C22H30N2O4/c1-16(25)24-13-18-12-23(11-10-21(18,14-24)15-27-2)20(26)22(8-9-22)17-4-6-19(28-3)7-5-17/h4-7,18H,8-15H2,1-3H3. The van der Waals surface area contributed by atoms with E-state index in [1.54, 1.807) is 21.1 Å². The molecule has 1 saturated carbocycles. The summed E-state index contributed by atoms with van der Waals surface area (Å²) in [7, 11) is 3.38. The Morgan fingerprint density at radius 2 is 1.75 bits per heavy atom. The smallest absolute Gasteiger partial charge is 0.233 e. The van der Waals surface area contributed by atoms with Gasteiger partial charge < -0.3 is 19.3 Å². The lowest BCUT2D eigenvalue weighted by atomic mass is 9.73. The van der Waals surface area contributed by atoms with Crippen LogP contribution >= 0.6 is 0 Å². The predicted molar refractivity (Wildman–Crippen MR) is 105 cm³/mol. The van der Waals surface area contributed by atoms with Crippen molar-refractivity contribution in [2.24, 2.45) is 11.3 Å². The largest absolute Gasteiger partial charge is 0.497 e. The Bertz CT molecular complexity index is 758. The zero-order valence-electron chi connectivity index (χ0n) is 17.1. The number of benzene rings is 1. The predicted octanol–water partition coefficient (Wildman–Crippen LogP) is 2.07. The summed E-state index contributed by atoms with van der Waals surface area (Å²) in [5, 5.41) is 0. The molecular weight excluding hydrogens is 356 g/mol. The summed E-state index contributed by atoms with van der Waals surface area (Å²) in [6, 6.07) is 7.92. The molecule has 2 aliphatic heterocycles. The molecule has 0 radical (unpaired) electrons. The third kappa shape index (κ3) is 3.08. The normalized spacial score (nSPS) is 28.0. The Morgan fingerprint density at radius 1 is 1.07 bits per heavy atom. The number of ether oxygens (including phenoxy) is 2. The molecule has 2 saturated heterocycles. The van der Waals surface area contributed by atoms with Crippen LogP contribution in [0.1, 0.15) is 31.7 Å². The van der Waals surface area contributed by atoms with Crippen molar-refractivity contribution >= 4 is 11.8 Å². The van der Waals surface area contributed by atoms with Gasteiger partial charge in [-0.05, 0) is 37.0 Å². The number of likely N-dealkylation sites (tertiary alicyclic amines) is 2. The van der Waals surface area contributed by atoms with Crippen LogP contribution in [-0.4, -0.2) is 68.6 Å². The van der Waals surface area contributed by atoms with E-state index in [-0.39, 0.29) is 28.6 Å². The minimum atomic E-state index is -0.369. The Morgan fingerprint density at radius 3 is 2.32 bits per heavy atom. The number of fused-ring (bicyclic) bond motifs is 1. The van der Waals surface area contributed by atoms with Crippen molar-refractivity contribution in [2.45, 2.75) is 31.6 Å². The molecule has 2 atom stereocenters. The number of hydrogen-bond donors (Lipinski definition) is 0. The van der Waals surface area contributed by atoms with Crippen molar-refractivity contribution in [1.82, 2.24) is 9.80 Å². The minimum Gasteiger partial charge on any atom is -0.497 e. The van der Waals surface area contributed by atoms with Crippen LogP contribution in [0.25, 0.3) is 0 Å². The van der Waals surface area contributed by atoms with Crippen LogP contribution in [0.3, 0.4) is 0 Å². The molecule has 1 aromatic rings. The number of nitrogens with zero attached hydrogens (tertiary/aromatic N) is 2. The van der Waals surface area contributed by atoms with Gasteiger partial charge in [-0.1, -0.05) is 12.1 Å². The zero-order chi connectivity index (χ0) is 19.9. The van der Waals surface area contributed by atoms with E-state index in [0.717, 1.165) is 50.2 Å². The Balaban J connectivity index is 1.51. The summed E-state index contributed by atoms with van der Waals surface area (Å²) < 4.78 is 10.8. The lowest BCUT2D eigenvalue weighted by Crippen LogP contribution is -2.53. The molecule has 2 amide bonds. The molecule has 28 heavy (non-hydrogen) atoms. The van der Waals surface area contributed by atoms with Crippen LogP contribution in [0.5, 0.6) is 5.75 Å². The number of rotatable bonds is 5. The van der Waals surface area contributed by atoms with Gasteiger partial charge in [-0.15, -0.1) is 0 Å². The highest BCUT2D eigenvalue weighted by molar-refractivity contribution is 5.91. The fraction of sp³-hybridized carbons (Fsp3) is 0.636. The first kappa shape index (κ1) is 19.2. The minimum absolute atomic E-state index is 0.0198. The molecular formula is C22H30N2O4. The number of methoxy groups -OCH3 is 2. The summed E-state index contributed by atoms with van der Waals surface area (Å²) in [4.78, 5) is 29.4. The van der Waals surface area contributed by atoms with Gasteiger partial charge in [-0.25, -0.2) is 0 Å². The third-order valence-electron chi connectivity index (χ3n) is 7.10. The SMILES string of the molecule is COCC12CCN(C(=O)C3(c4ccc(OC)cc4)CC3)CC1CN(C(C)=O)C2. The molecule has 0 spiro atoms. The summed E-state index contributed by atoms with van der Waals surface area (Å²) in [6.07, 6.45) is 2.70. The molecule has 1 aliphatic carbocycles. The zero-order valence-corrected chi connectivity index (χ0v) is 17.1. The quantitative estimate of drug-likeness (QED) is 0.777. The van der Waals surface area contributed by atoms with Crippen molar-refractivity contribution in [3.8, 4) is 5.75 Å². The highest BCUT2D eigenvalue weighted by atomic mass is 16.5. The second-order valence-electron chi connectivity index (χ2n) is 8.70. The van der Waals surface area contributed by atoms with Crippen LogP contribution < -0.4 is 4.74 Å². The van der Waals surface area contributed by atoms with Gasteiger partial charge in [0.2, 0.25) is 11.8 Å². The Labute approximate surface area is 166 Å². The highest BCUT2D eigenvalue weighted by Crippen LogP contribution is 2.51. The first-order valence-corrected chi connectivity index (χ1v) is 10.1. The molecule has 1 aromatic carbocycles. The molecule has 6 heteroatoms. The number of carbonyl (C=O) groups is 2. The molecule has 6 nitrogen and oxygen atoms in total. The Kier molecular flexibility index (Phi) is 4.86. The first-order valence-electron chi connectivity index (χ1n) is 10.1. The van der Waals surface area contributed by atoms with E-state index >= 15 is 0 Å². The van der Waals surface area contributed by atoms with E-state index in [1.807, 2.05) is 34.1 Å². The molecule has 152 valence electrons. The van der Waals surface area contributed by atoms with Crippen LogP contribution in [0, 0.1) is 11.3 Å². The molecule has 2 heterocycles. The number of amides is 2. The molecule has 0 bridgehead atoms. The summed E-state index contributed by atoms with van der Waals surface area (Å²) in [6.45, 7) is 5.19. The number of carbonyl (C=O) groups excluding carboxylic acids is 2. The van der Waals surface area contributed by atoms with Crippen molar-refractivity contribution in [3.05, 3.63) is 29.8 Å². The summed E-state index contributed by atoms with van der Waals surface area (Å²) >= 11 is 0. The van der Waals surface area contributed by atoms with E-state index in [0.29, 0.717) is 13.2 Å². The van der Waals surface area contributed by atoms with Gasteiger partial charge in [0.15, 0.2) is 0 Å². The monoisotopic (exact) mass is 386 g/mol. The average molecular weight is 386 g/mol. The lowest BCUT2D eigenvalue weighted by Gasteiger charge is -2.44. The van der Waals surface area contributed by atoms with Gasteiger partial charge in [-0.2, -0.15) is 0 Å². The molecule has 4 rings (SSSR count). The Hall–Kier alpha value is -2.08. The van der Waals surface area contributed by atoms with E-state index in [4.69, 9.17) is 9.47 Å². The van der Waals surface area contributed by atoms with Crippen LogP contribution in [0.4, 0.5) is 0 Å². The molecule has 0 N–H and O–H groups in total. The molecule has 3 aliphatic rings. The van der Waals surface area contributed by atoms with E-state index in [2.05, 4.69) is 0 Å². The lowest BCUT2D eigenvalue weighted by molar-refractivity contribution is -0.138. The highest BCUT2D eigenvalue weighted by Gasteiger charge is 2.56. The first-order chi connectivity index (χ1) is 13.4. The van der Waals surface area contributed by atoms with Gasteiger partial charge in [0.1, 0.15) is 5.75 Å². The average Bonchev–Trinajstić information content (AvgIpc) is 3.42. The maximum absolute atomic E-state index is 13.5. The van der Waals surface area contributed by atoms with Crippen LogP contribution in [-0.2, 0) is 19.7 Å². The number of piperidine rings is 1. The number of hydrogen-bond acceptors (Lipinski definition) is 4. The molecule has 2 unspecified atom stereocenters. The van der Waals surface area contributed by atoms with Gasteiger partial charge in [0.25, 0.3) is 0 Å². The second-order valence-corrected chi connectivity index (χ2v) is 8.70. The molecule has 0 aromatic heterocycles. The van der Waals surface area contributed by atoms with Crippen molar-refractivity contribution in [3.63, 3.8) is 0 Å². The fourth-order valence-electron chi connectivity index (χ4n) is 5.19. The topological polar surface area (TPSA) is 59.1 Å². The second kappa shape index (κ2) is 7.07. The van der Waals surface area contributed by atoms with E-state index in [9.17, 15) is 9.59 Å². The van der Waals surface area contributed by atoms with Gasteiger partial charge >= 0.3 is 0 Å². The van der Waals surface area contributed by atoms with Crippen LogP contribution in [0.15, 0.2) is 24.3 Å². The summed E-state index contributed by atoms with van der Waals surface area (Å²) in [5.41, 5.74) is 0.698. The third-order valence-corrected chi connectivity index (χ3v) is 7.10. The maximum Gasteiger partial charge on any atom is 0.233 e. The van der Waals surface area contributed by atoms with Gasteiger partial charge in [0.05, 0.1) is 19.1 Å². The van der Waals surface area contributed by atoms with Gasteiger partial charge in [-0.3, -0.25) is 9.59 Å². The van der Waals surface area contributed by atoms with Gasteiger partial charge in [0, 0.05) is 51.5 Å². The van der Waals surface area contributed by atoms with Crippen molar-refractivity contribution < 1.29 is 19.1 Å². The van der Waals surface area contributed by atoms with Crippen molar-refractivity contribution in [2.75, 3.05) is 47.0 Å². The van der Waals surface area contributed by atoms with E-state index < -0.39 is 0 Å². The fourth-order valence-corrected chi connectivity index (χ4v) is 5.19. The van der Waals surface area contributed by atoms with Crippen molar-refractivity contribution in [1.29, 1.82) is 0 Å². The summed E-state index contributed by atoms with van der Waals surface area (Å²) in [5.74, 6) is 1.44.